The predicted octanol–water partition coefficient (Wildman–Crippen LogP) is 4.41. The molecule has 0 saturated heterocycles. The Hall–Kier alpha value is -2.48. The highest BCUT2D eigenvalue weighted by Gasteiger charge is 2.18. The van der Waals surface area contributed by atoms with Gasteiger partial charge in [0.05, 0.1) is 7.11 Å². The molecule has 98 valence electrons. The van der Waals surface area contributed by atoms with Crippen LogP contribution in [0.4, 0.5) is 0 Å². The Kier molecular flexibility index (Phi) is 2.43. The van der Waals surface area contributed by atoms with Crippen LogP contribution in [0.25, 0.3) is 21.9 Å². The van der Waals surface area contributed by atoms with Crippen molar-refractivity contribution in [3.05, 3.63) is 60.2 Å². The van der Waals surface area contributed by atoms with E-state index in [-0.39, 0.29) is 0 Å². The molecule has 1 aliphatic heterocycles. The molecule has 0 radical (unpaired) electrons. The number of benzene rings is 3. The lowest BCUT2D eigenvalue weighted by Crippen LogP contribution is -2.05. The predicted molar refractivity (Wildman–Crippen MR) is 80.3 cm³/mol. The smallest absolute Gasteiger partial charge is 0.127 e. The average Bonchev–Trinajstić information content (AvgIpc) is 2.53. The van der Waals surface area contributed by atoms with Crippen LogP contribution in [0.1, 0.15) is 5.56 Å². The summed E-state index contributed by atoms with van der Waals surface area (Å²) in [6.45, 7) is 0.621. The van der Waals surface area contributed by atoms with E-state index in [1.54, 1.807) is 7.11 Å². The molecule has 0 atom stereocenters. The van der Waals surface area contributed by atoms with Gasteiger partial charge < -0.3 is 9.47 Å². The molecular formula is C18H14O2. The fourth-order valence-electron chi connectivity index (χ4n) is 2.87. The molecule has 2 nitrogen and oxygen atoms in total. The molecule has 20 heavy (non-hydrogen) atoms. The first-order valence-corrected chi connectivity index (χ1v) is 6.68. The van der Waals surface area contributed by atoms with E-state index in [4.69, 9.17) is 9.47 Å². The van der Waals surface area contributed by atoms with Gasteiger partial charge in [0.25, 0.3) is 0 Å². The highest BCUT2D eigenvalue weighted by molar-refractivity contribution is 5.94. The Morgan fingerprint density at radius 1 is 0.950 bits per heavy atom. The van der Waals surface area contributed by atoms with Crippen molar-refractivity contribution in [2.45, 2.75) is 6.61 Å². The first kappa shape index (κ1) is 11.4. The van der Waals surface area contributed by atoms with Crippen molar-refractivity contribution in [3.63, 3.8) is 0 Å². The van der Waals surface area contributed by atoms with Crippen molar-refractivity contribution in [2.75, 3.05) is 7.11 Å². The Labute approximate surface area is 117 Å². The van der Waals surface area contributed by atoms with E-state index in [0.717, 1.165) is 11.5 Å². The molecule has 0 unspecified atom stereocenters. The zero-order chi connectivity index (χ0) is 13.5. The van der Waals surface area contributed by atoms with Crippen LogP contribution in [0.2, 0.25) is 0 Å². The fraction of sp³-hybridized carbons (Fsp3) is 0.111. The van der Waals surface area contributed by atoms with Crippen LogP contribution in [0.5, 0.6) is 11.5 Å². The minimum Gasteiger partial charge on any atom is -0.497 e. The molecule has 3 aromatic carbocycles. The molecule has 3 aromatic rings. The largest absolute Gasteiger partial charge is 0.497 e. The maximum atomic E-state index is 5.88. The Bertz CT molecular complexity index is 806. The first-order chi connectivity index (χ1) is 9.86. The van der Waals surface area contributed by atoms with E-state index >= 15 is 0 Å². The monoisotopic (exact) mass is 262 g/mol. The molecule has 0 fully saturated rings. The van der Waals surface area contributed by atoms with Gasteiger partial charge >= 0.3 is 0 Å². The van der Waals surface area contributed by atoms with Gasteiger partial charge in [0.1, 0.15) is 18.1 Å². The highest BCUT2D eigenvalue weighted by Crippen LogP contribution is 2.40. The average molecular weight is 262 g/mol. The summed E-state index contributed by atoms with van der Waals surface area (Å²) in [5.74, 6) is 1.85. The summed E-state index contributed by atoms with van der Waals surface area (Å²) in [4.78, 5) is 0. The minimum absolute atomic E-state index is 0.621. The third-order valence-electron chi connectivity index (χ3n) is 3.89. The van der Waals surface area contributed by atoms with Crippen LogP contribution < -0.4 is 9.47 Å². The maximum Gasteiger partial charge on any atom is 0.127 e. The van der Waals surface area contributed by atoms with E-state index in [9.17, 15) is 0 Å². The van der Waals surface area contributed by atoms with Crippen molar-refractivity contribution in [3.8, 4) is 22.6 Å². The number of methoxy groups -OCH3 is 1. The summed E-state index contributed by atoms with van der Waals surface area (Å²) in [6, 6.07) is 18.7. The second kappa shape index (κ2) is 4.27. The van der Waals surface area contributed by atoms with Gasteiger partial charge in [-0.05, 0) is 34.5 Å². The Morgan fingerprint density at radius 3 is 2.75 bits per heavy atom. The van der Waals surface area contributed by atoms with Crippen LogP contribution in [-0.2, 0) is 6.61 Å². The summed E-state index contributed by atoms with van der Waals surface area (Å²) in [6.07, 6.45) is 0. The molecule has 1 heterocycles. The lowest BCUT2D eigenvalue weighted by Gasteiger charge is -2.22. The van der Waals surface area contributed by atoms with Gasteiger partial charge in [-0.3, -0.25) is 0 Å². The summed E-state index contributed by atoms with van der Waals surface area (Å²) >= 11 is 0. The molecule has 0 saturated carbocycles. The third-order valence-corrected chi connectivity index (χ3v) is 3.89. The zero-order valence-electron chi connectivity index (χ0n) is 11.2. The number of fused-ring (bicyclic) bond motifs is 5. The van der Waals surface area contributed by atoms with Crippen molar-refractivity contribution in [1.29, 1.82) is 0 Å². The lowest BCUT2D eigenvalue weighted by atomic mass is 9.92. The van der Waals surface area contributed by atoms with Crippen LogP contribution in [0, 0.1) is 0 Å². The van der Waals surface area contributed by atoms with Gasteiger partial charge in [-0.25, -0.2) is 0 Å². The molecule has 0 amide bonds. The molecule has 0 bridgehead atoms. The normalized spacial score (nSPS) is 12.4. The van der Waals surface area contributed by atoms with E-state index in [1.165, 1.54) is 27.5 Å². The lowest BCUT2D eigenvalue weighted by molar-refractivity contribution is 0.304. The second-order valence-corrected chi connectivity index (χ2v) is 4.96. The molecule has 4 rings (SSSR count). The molecule has 0 spiro atoms. The first-order valence-electron chi connectivity index (χ1n) is 6.68. The van der Waals surface area contributed by atoms with Crippen LogP contribution in [-0.4, -0.2) is 7.11 Å². The minimum atomic E-state index is 0.621. The van der Waals surface area contributed by atoms with Gasteiger partial charge in [0.2, 0.25) is 0 Å². The van der Waals surface area contributed by atoms with Gasteiger partial charge in [-0.2, -0.15) is 0 Å². The van der Waals surface area contributed by atoms with Gasteiger partial charge in [-0.15, -0.1) is 0 Å². The molecule has 2 heteroatoms. The van der Waals surface area contributed by atoms with Crippen molar-refractivity contribution in [1.82, 2.24) is 0 Å². The molecular weight excluding hydrogens is 248 g/mol. The van der Waals surface area contributed by atoms with Gasteiger partial charge in [-0.1, -0.05) is 36.4 Å². The Morgan fingerprint density at radius 2 is 1.85 bits per heavy atom. The number of hydrogen-bond donors (Lipinski definition) is 0. The summed E-state index contributed by atoms with van der Waals surface area (Å²) in [5, 5.41) is 2.42. The van der Waals surface area contributed by atoms with E-state index < -0.39 is 0 Å². The van der Waals surface area contributed by atoms with Gasteiger partial charge in [0, 0.05) is 11.1 Å². The SMILES string of the molecule is COc1ccc2c3c(ccc2c1)-c1ccccc1OC3. The van der Waals surface area contributed by atoms with Gasteiger partial charge in [0.15, 0.2) is 0 Å². The molecule has 0 N–H and O–H groups in total. The van der Waals surface area contributed by atoms with E-state index in [1.807, 2.05) is 18.2 Å². The van der Waals surface area contributed by atoms with E-state index in [2.05, 4.69) is 36.4 Å². The van der Waals surface area contributed by atoms with Crippen molar-refractivity contribution in [2.24, 2.45) is 0 Å². The number of para-hydroxylation sites is 1. The number of rotatable bonds is 1. The van der Waals surface area contributed by atoms with Crippen LogP contribution >= 0.6 is 0 Å². The number of hydrogen-bond acceptors (Lipinski definition) is 2. The standard InChI is InChI=1S/C18H14O2/c1-19-13-7-9-14-12(10-13)6-8-15-16-4-2-3-5-18(16)20-11-17(14)15/h2-10H,11H2,1H3. The molecule has 0 aromatic heterocycles. The Balaban J connectivity index is 2.00. The van der Waals surface area contributed by atoms with E-state index in [0.29, 0.717) is 6.61 Å². The van der Waals surface area contributed by atoms with Crippen LogP contribution in [0.15, 0.2) is 54.6 Å². The van der Waals surface area contributed by atoms with Crippen molar-refractivity contribution >= 4 is 10.8 Å². The molecule has 1 aliphatic rings. The fourth-order valence-corrected chi connectivity index (χ4v) is 2.87. The third kappa shape index (κ3) is 1.58. The summed E-state index contributed by atoms with van der Waals surface area (Å²) < 4.78 is 11.2. The summed E-state index contributed by atoms with van der Waals surface area (Å²) in [5.41, 5.74) is 3.69. The van der Waals surface area contributed by atoms with Crippen LogP contribution in [0.3, 0.4) is 0 Å². The highest BCUT2D eigenvalue weighted by atomic mass is 16.5. The summed E-state index contributed by atoms with van der Waals surface area (Å²) in [7, 11) is 1.69. The van der Waals surface area contributed by atoms with Crippen molar-refractivity contribution < 1.29 is 9.47 Å². The maximum absolute atomic E-state index is 5.88. The second-order valence-electron chi connectivity index (χ2n) is 4.96. The topological polar surface area (TPSA) is 18.5 Å². The zero-order valence-corrected chi connectivity index (χ0v) is 11.2. The quantitative estimate of drug-likeness (QED) is 0.646. The number of ether oxygens (including phenoxy) is 2. The molecule has 0 aliphatic carbocycles.